The molecule has 2 aromatic carbocycles. The lowest BCUT2D eigenvalue weighted by molar-refractivity contribution is -0.106. The average Bonchev–Trinajstić information content (AvgIpc) is 3.88. The Hall–Kier alpha value is -3.94. The van der Waals surface area contributed by atoms with Gasteiger partial charge in [0.15, 0.2) is 4.90 Å². The number of anilines is 3. The van der Waals surface area contributed by atoms with Crippen molar-refractivity contribution >= 4 is 45.1 Å². The van der Waals surface area contributed by atoms with Crippen LogP contribution in [-0.4, -0.2) is 57.2 Å². The van der Waals surface area contributed by atoms with Crippen LogP contribution in [0.5, 0.6) is 0 Å². The molecule has 0 spiro atoms. The number of allylic oxidation sites excluding steroid dienone is 1. The molecule has 3 heterocycles. The van der Waals surface area contributed by atoms with E-state index in [-0.39, 0.29) is 28.0 Å². The van der Waals surface area contributed by atoms with E-state index in [4.69, 9.17) is 0 Å². The monoisotopic (exact) mass is 654 g/mol. The third-order valence-corrected chi connectivity index (χ3v) is 9.99. The molecule has 4 aromatic rings. The second kappa shape index (κ2) is 13.0. The fourth-order valence-electron chi connectivity index (χ4n) is 5.82. The molecule has 13 heteroatoms. The molecule has 2 atom stereocenters. The molecule has 0 amide bonds. The summed E-state index contributed by atoms with van der Waals surface area (Å²) in [6, 6.07) is 13.3. The number of aromatic nitrogens is 3. The summed E-state index contributed by atoms with van der Waals surface area (Å²) in [5.41, 5.74) is 2.04. The van der Waals surface area contributed by atoms with Gasteiger partial charge in [0.05, 0.1) is 12.1 Å². The SMILES string of the molecule is C=C(c1cc2cnc(Nc3ccc(N(C)C4CCCNC4)cc3)nc2n(Cc2c(F)cccc2[S+]([O-])CC(F)(F)F)c1=O)C1CC1. The molecule has 1 aliphatic carbocycles. The van der Waals surface area contributed by atoms with Crippen molar-refractivity contribution in [3.63, 3.8) is 0 Å². The van der Waals surface area contributed by atoms with Crippen LogP contribution in [0, 0.1) is 11.7 Å². The van der Waals surface area contributed by atoms with Crippen molar-refractivity contribution < 1.29 is 22.1 Å². The largest absolute Gasteiger partial charge is 0.611 e. The third-order valence-electron chi connectivity index (χ3n) is 8.52. The number of pyridine rings is 1. The highest BCUT2D eigenvalue weighted by Crippen LogP contribution is 2.40. The topological polar surface area (TPSA) is 98.1 Å². The summed E-state index contributed by atoms with van der Waals surface area (Å²) < 4.78 is 68.6. The molecule has 46 heavy (non-hydrogen) atoms. The number of piperidine rings is 1. The van der Waals surface area contributed by atoms with Gasteiger partial charge < -0.3 is 20.1 Å². The number of halogens is 4. The molecule has 0 bridgehead atoms. The van der Waals surface area contributed by atoms with Crippen LogP contribution in [0.4, 0.5) is 34.9 Å². The van der Waals surface area contributed by atoms with Crippen LogP contribution < -0.4 is 21.1 Å². The average molecular weight is 655 g/mol. The van der Waals surface area contributed by atoms with Gasteiger partial charge in [-0.25, -0.2) is 9.37 Å². The minimum Gasteiger partial charge on any atom is -0.611 e. The van der Waals surface area contributed by atoms with Crippen LogP contribution >= 0.6 is 0 Å². The molecular formula is C33H34F4N6O2S. The number of alkyl halides is 3. The molecule has 242 valence electrons. The standard InChI is InChI=1S/C33H34F4N6O2S/c1-20(21-8-9-21)26-15-22-16-39-32(40-23-10-12-24(13-11-23)42(2)25-5-4-14-38-17-25)41-30(22)43(31(26)44)18-27-28(34)6-3-7-29(27)46(45)19-33(35,36)37/h3,6-7,10-13,15-16,21,25,38H,1,4-5,8-9,14,17-19H2,2H3,(H,39,40,41). The van der Waals surface area contributed by atoms with Gasteiger partial charge >= 0.3 is 6.18 Å². The first-order chi connectivity index (χ1) is 22.0. The Kier molecular flexibility index (Phi) is 9.08. The summed E-state index contributed by atoms with van der Waals surface area (Å²) in [5, 5.41) is 7.04. The number of nitrogens with zero attached hydrogens (tertiary/aromatic N) is 4. The van der Waals surface area contributed by atoms with Crippen molar-refractivity contribution in [3.8, 4) is 0 Å². The summed E-state index contributed by atoms with van der Waals surface area (Å²) in [7, 11) is 2.07. The van der Waals surface area contributed by atoms with Crippen molar-refractivity contribution in [2.75, 3.05) is 36.1 Å². The second-order valence-corrected chi connectivity index (χ2v) is 13.2. The van der Waals surface area contributed by atoms with Gasteiger partial charge in [-0.05, 0) is 97.4 Å². The van der Waals surface area contributed by atoms with E-state index < -0.39 is 41.0 Å². The van der Waals surface area contributed by atoms with Crippen molar-refractivity contribution in [3.05, 3.63) is 88.6 Å². The highest BCUT2D eigenvalue weighted by Gasteiger charge is 2.37. The van der Waals surface area contributed by atoms with Crippen LogP contribution in [0.25, 0.3) is 16.6 Å². The smallest absolute Gasteiger partial charge is 0.433 e. The number of fused-ring (bicyclic) bond motifs is 1. The molecule has 2 N–H and O–H groups in total. The summed E-state index contributed by atoms with van der Waals surface area (Å²) in [6.07, 6.45) is 0.809. The zero-order chi connectivity index (χ0) is 32.6. The van der Waals surface area contributed by atoms with E-state index in [1.54, 1.807) is 6.07 Å². The van der Waals surface area contributed by atoms with Gasteiger partial charge in [0.1, 0.15) is 11.5 Å². The fourth-order valence-corrected chi connectivity index (χ4v) is 6.94. The van der Waals surface area contributed by atoms with Gasteiger partial charge in [0.2, 0.25) is 11.7 Å². The number of likely N-dealkylation sites (N-methyl/N-ethyl adjacent to an activating group) is 1. The van der Waals surface area contributed by atoms with E-state index >= 15 is 4.39 Å². The normalized spacial score (nSPS) is 17.6. The first-order valence-electron chi connectivity index (χ1n) is 15.1. The molecule has 2 aromatic heterocycles. The van der Waals surface area contributed by atoms with Crippen molar-refractivity contribution in [2.45, 2.75) is 49.3 Å². The molecule has 2 aliphatic rings. The number of benzene rings is 2. The Labute approximate surface area is 266 Å². The summed E-state index contributed by atoms with van der Waals surface area (Å²) in [4.78, 5) is 24.9. The summed E-state index contributed by atoms with van der Waals surface area (Å²) >= 11 is -2.59. The van der Waals surface area contributed by atoms with E-state index in [1.807, 2.05) is 24.3 Å². The van der Waals surface area contributed by atoms with Crippen LogP contribution in [0.1, 0.15) is 36.8 Å². The van der Waals surface area contributed by atoms with Crippen LogP contribution in [-0.2, 0) is 17.7 Å². The quantitative estimate of drug-likeness (QED) is 0.160. The molecule has 1 saturated carbocycles. The summed E-state index contributed by atoms with van der Waals surface area (Å²) in [6.45, 7) is 5.57. The van der Waals surface area contributed by atoms with Crippen molar-refractivity contribution in [1.29, 1.82) is 0 Å². The maximum atomic E-state index is 15.2. The fraction of sp³-hybridized carbons (Fsp3) is 0.364. The van der Waals surface area contributed by atoms with Crippen LogP contribution in [0.15, 0.2) is 71.0 Å². The molecule has 0 radical (unpaired) electrons. The Morgan fingerprint density at radius 1 is 1.20 bits per heavy atom. The van der Waals surface area contributed by atoms with Gasteiger partial charge in [-0.3, -0.25) is 9.36 Å². The molecule has 8 nitrogen and oxygen atoms in total. The maximum Gasteiger partial charge on any atom is 0.433 e. The lowest BCUT2D eigenvalue weighted by Crippen LogP contribution is -2.44. The zero-order valence-corrected chi connectivity index (χ0v) is 26.1. The Bertz CT molecular complexity index is 1800. The molecular weight excluding hydrogens is 620 g/mol. The van der Waals surface area contributed by atoms with E-state index in [9.17, 15) is 22.5 Å². The lowest BCUT2D eigenvalue weighted by atomic mass is 10.0. The number of rotatable bonds is 10. The molecule has 1 aliphatic heterocycles. The predicted octanol–water partition coefficient (Wildman–Crippen LogP) is 6.00. The van der Waals surface area contributed by atoms with Gasteiger partial charge in [-0.1, -0.05) is 12.6 Å². The highest BCUT2D eigenvalue weighted by molar-refractivity contribution is 7.91. The Morgan fingerprint density at radius 3 is 2.63 bits per heavy atom. The molecule has 2 unspecified atom stereocenters. The van der Waals surface area contributed by atoms with Gasteiger partial charge in [-0.15, -0.1) is 0 Å². The van der Waals surface area contributed by atoms with E-state index in [1.165, 1.54) is 22.9 Å². The highest BCUT2D eigenvalue weighted by atomic mass is 32.2. The van der Waals surface area contributed by atoms with Gasteiger partial charge in [-0.2, -0.15) is 18.2 Å². The van der Waals surface area contributed by atoms with E-state index in [0.29, 0.717) is 28.3 Å². The van der Waals surface area contributed by atoms with Gasteiger partial charge in [0, 0.05) is 48.2 Å². The van der Waals surface area contributed by atoms with Gasteiger partial charge in [0.25, 0.3) is 5.56 Å². The predicted molar refractivity (Wildman–Crippen MR) is 172 cm³/mol. The zero-order valence-electron chi connectivity index (χ0n) is 25.2. The minimum atomic E-state index is -4.73. The number of hydrogen-bond acceptors (Lipinski definition) is 7. The molecule has 1 saturated heterocycles. The van der Waals surface area contributed by atoms with Crippen molar-refractivity contribution in [2.24, 2.45) is 5.92 Å². The van der Waals surface area contributed by atoms with Crippen molar-refractivity contribution in [1.82, 2.24) is 19.9 Å². The summed E-state index contributed by atoms with van der Waals surface area (Å²) in [5.74, 6) is -2.21. The third kappa shape index (κ3) is 7.06. The Morgan fingerprint density at radius 2 is 1.96 bits per heavy atom. The molecule has 6 rings (SSSR count). The first-order valence-corrected chi connectivity index (χ1v) is 16.4. The second-order valence-electron chi connectivity index (χ2n) is 11.8. The number of hydrogen-bond donors (Lipinski definition) is 2. The lowest BCUT2D eigenvalue weighted by Gasteiger charge is -2.33. The minimum absolute atomic E-state index is 0.139. The van der Waals surface area contributed by atoms with E-state index in [0.717, 1.165) is 50.5 Å². The number of nitrogens with one attached hydrogen (secondary N) is 2. The van der Waals surface area contributed by atoms with Crippen LogP contribution in [0.2, 0.25) is 0 Å². The maximum absolute atomic E-state index is 15.2. The first kappa shape index (κ1) is 32.0. The molecule has 2 fully saturated rings. The van der Waals surface area contributed by atoms with E-state index in [2.05, 4.69) is 39.1 Å². The van der Waals surface area contributed by atoms with Crippen LogP contribution in [0.3, 0.4) is 0 Å². The Balaban J connectivity index is 1.36.